The molecule has 0 saturated carbocycles. The number of rotatable bonds is 6. The molecule has 0 aliphatic rings. The molecule has 94 valence electrons. The van der Waals surface area contributed by atoms with Gasteiger partial charge in [-0.2, -0.15) is 0 Å². The van der Waals surface area contributed by atoms with Gasteiger partial charge in [-0.05, 0) is 12.1 Å². The standard InChI is InChI=1S/C11H15NO5/c1-15-9-4-5-10(12(13)14)8(6-9)7-11(16-2)17-3/h4-6,11H,7H2,1-3H3. The molecule has 0 spiro atoms. The number of nitro groups is 1. The van der Waals surface area contributed by atoms with Gasteiger partial charge >= 0.3 is 0 Å². The molecular formula is C11H15NO5. The van der Waals surface area contributed by atoms with Crippen molar-refractivity contribution in [1.29, 1.82) is 0 Å². The molecule has 1 aromatic rings. The summed E-state index contributed by atoms with van der Waals surface area (Å²) in [6, 6.07) is 4.58. The number of benzene rings is 1. The lowest BCUT2D eigenvalue weighted by Crippen LogP contribution is -2.16. The van der Waals surface area contributed by atoms with E-state index in [0.29, 0.717) is 17.7 Å². The molecule has 1 rings (SSSR count). The molecule has 0 heterocycles. The molecule has 6 nitrogen and oxygen atoms in total. The van der Waals surface area contributed by atoms with E-state index in [9.17, 15) is 10.1 Å². The molecule has 0 atom stereocenters. The van der Waals surface area contributed by atoms with Gasteiger partial charge in [-0.15, -0.1) is 0 Å². The summed E-state index contributed by atoms with van der Waals surface area (Å²) in [6.07, 6.45) is -0.221. The Morgan fingerprint density at radius 3 is 2.41 bits per heavy atom. The van der Waals surface area contributed by atoms with Crippen LogP contribution in [0.2, 0.25) is 0 Å². The van der Waals surface area contributed by atoms with E-state index in [-0.39, 0.29) is 5.69 Å². The molecule has 0 amide bonds. The van der Waals surface area contributed by atoms with Gasteiger partial charge in [-0.1, -0.05) is 0 Å². The van der Waals surface area contributed by atoms with Crippen LogP contribution in [0.1, 0.15) is 5.56 Å². The average Bonchev–Trinajstić information content (AvgIpc) is 2.35. The number of hydrogen-bond acceptors (Lipinski definition) is 5. The molecule has 0 unspecified atom stereocenters. The van der Waals surface area contributed by atoms with Crippen LogP contribution in [0.25, 0.3) is 0 Å². The summed E-state index contributed by atoms with van der Waals surface area (Å²) in [5.74, 6) is 0.566. The molecule has 1 aromatic carbocycles. The molecule has 0 aromatic heterocycles. The van der Waals surface area contributed by atoms with Gasteiger partial charge in [0.15, 0.2) is 6.29 Å². The summed E-state index contributed by atoms with van der Waals surface area (Å²) >= 11 is 0. The van der Waals surface area contributed by atoms with Crippen LogP contribution in [0.5, 0.6) is 5.75 Å². The lowest BCUT2D eigenvalue weighted by molar-refractivity contribution is -0.385. The van der Waals surface area contributed by atoms with Crippen LogP contribution >= 0.6 is 0 Å². The van der Waals surface area contributed by atoms with Crippen LogP contribution < -0.4 is 4.74 Å². The summed E-state index contributed by atoms with van der Waals surface area (Å²) in [6.45, 7) is 0. The van der Waals surface area contributed by atoms with E-state index in [0.717, 1.165) is 0 Å². The smallest absolute Gasteiger partial charge is 0.273 e. The highest BCUT2D eigenvalue weighted by Gasteiger charge is 2.18. The molecule has 0 aliphatic carbocycles. The minimum Gasteiger partial charge on any atom is -0.497 e. The maximum Gasteiger partial charge on any atom is 0.273 e. The second-order valence-electron chi connectivity index (χ2n) is 3.36. The van der Waals surface area contributed by atoms with Crippen LogP contribution in [0, 0.1) is 10.1 Å². The third-order valence-electron chi connectivity index (χ3n) is 2.40. The molecule has 0 saturated heterocycles. The van der Waals surface area contributed by atoms with E-state index >= 15 is 0 Å². The van der Waals surface area contributed by atoms with Gasteiger partial charge in [0.25, 0.3) is 5.69 Å². The first-order chi connectivity index (χ1) is 8.12. The van der Waals surface area contributed by atoms with Crippen molar-refractivity contribution in [2.75, 3.05) is 21.3 Å². The summed E-state index contributed by atoms with van der Waals surface area (Å²) in [5.41, 5.74) is 0.549. The monoisotopic (exact) mass is 241 g/mol. The third-order valence-corrected chi connectivity index (χ3v) is 2.40. The zero-order valence-electron chi connectivity index (χ0n) is 10.0. The fourth-order valence-electron chi connectivity index (χ4n) is 1.47. The molecule has 0 radical (unpaired) electrons. The van der Waals surface area contributed by atoms with Gasteiger partial charge < -0.3 is 14.2 Å². The van der Waals surface area contributed by atoms with E-state index in [4.69, 9.17) is 14.2 Å². The minimum atomic E-state index is -0.513. The van der Waals surface area contributed by atoms with E-state index in [1.54, 1.807) is 12.1 Å². The van der Waals surface area contributed by atoms with Crippen molar-refractivity contribution in [3.63, 3.8) is 0 Å². The number of ether oxygens (including phenoxy) is 3. The minimum absolute atomic E-state index is 0.0323. The van der Waals surface area contributed by atoms with Crippen molar-refractivity contribution < 1.29 is 19.1 Å². The predicted octanol–water partition coefficient (Wildman–Crippen LogP) is 1.76. The number of nitrogens with zero attached hydrogens (tertiary/aromatic N) is 1. The maximum atomic E-state index is 10.9. The highest BCUT2D eigenvalue weighted by molar-refractivity contribution is 5.45. The third kappa shape index (κ3) is 3.40. The van der Waals surface area contributed by atoms with Gasteiger partial charge in [0, 0.05) is 32.3 Å². The van der Waals surface area contributed by atoms with Crippen molar-refractivity contribution in [2.45, 2.75) is 12.7 Å². The van der Waals surface area contributed by atoms with Crippen LogP contribution in [-0.2, 0) is 15.9 Å². The summed E-state index contributed by atoms with van der Waals surface area (Å²) in [7, 11) is 4.48. The summed E-state index contributed by atoms with van der Waals surface area (Å²) < 4.78 is 15.1. The largest absolute Gasteiger partial charge is 0.497 e. The highest BCUT2D eigenvalue weighted by Crippen LogP contribution is 2.25. The summed E-state index contributed by atoms with van der Waals surface area (Å²) in [5, 5.41) is 10.9. The fourth-order valence-corrected chi connectivity index (χ4v) is 1.47. The number of hydrogen-bond donors (Lipinski definition) is 0. The molecule has 0 N–H and O–H groups in total. The molecule has 17 heavy (non-hydrogen) atoms. The Hall–Kier alpha value is -1.66. The van der Waals surface area contributed by atoms with Crippen LogP contribution in [0.15, 0.2) is 18.2 Å². The molecule has 6 heteroatoms. The molecule has 0 aliphatic heterocycles. The van der Waals surface area contributed by atoms with Crippen LogP contribution in [0.4, 0.5) is 5.69 Å². The normalized spacial score (nSPS) is 10.6. The van der Waals surface area contributed by atoms with Crippen molar-refractivity contribution in [2.24, 2.45) is 0 Å². The zero-order valence-corrected chi connectivity index (χ0v) is 10.0. The molecule has 0 bridgehead atoms. The topological polar surface area (TPSA) is 70.8 Å². The van der Waals surface area contributed by atoms with Gasteiger partial charge in [0.05, 0.1) is 12.0 Å². The summed E-state index contributed by atoms with van der Waals surface area (Å²) in [4.78, 5) is 10.4. The Labute approximate surface area is 99.2 Å². The van der Waals surface area contributed by atoms with Gasteiger partial charge in [0.1, 0.15) is 5.75 Å². The zero-order chi connectivity index (χ0) is 12.8. The number of nitro benzene ring substituents is 1. The molecule has 0 fully saturated rings. The van der Waals surface area contributed by atoms with E-state index in [2.05, 4.69) is 0 Å². The SMILES string of the molecule is COc1ccc([N+](=O)[O-])c(CC(OC)OC)c1. The Morgan fingerprint density at radius 1 is 1.29 bits per heavy atom. The first-order valence-electron chi connectivity index (χ1n) is 4.99. The lowest BCUT2D eigenvalue weighted by atomic mass is 10.1. The van der Waals surface area contributed by atoms with Gasteiger partial charge in [0.2, 0.25) is 0 Å². The Bertz CT molecular complexity index is 389. The first kappa shape index (κ1) is 13.4. The second-order valence-corrected chi connectivity index (χ2v) is 3.36. The first-order valence-corrected chi connectivity index (χ1v) is 4.99. The average molecular weight is 241 g/mol. The quantitative estimate of drug-likeness (QED) is 0.431. The van der Waals surface area contributed by atoms with Crippen LogP contribution in [-0.4, -0.2) is 32.5 Å². The Balaban J connectivity index is 3.04. The van der Waals surface area contributed by atoms with Crippen molar-refractivity contribution in [3.8, 4) is 5.75 Å². The Kier molecular flexibility index (Phi) is 4.86. The second kappa shape index (κ2) is 6.17. The maximum absolute atomic E-state index is 10.9. The highest BCUT2D eigenvalue weighted by atomic mass is 16.7. The van der Waals surface area contributed by atoms with Crippen molar-refractivity contribution in [1.82, 2.24) is 0 Å². The van der Waals surface area contributed by atoms with Crippen molar-refractivity contribution >= 4 is 5.69 Å². The van der Waals surface area contributed by atoms with E-state index in [1.165, 1.54) is 27.4 Å². The van der Waals surface area contributed by atoms with Gasteiger partial charge in [-0.3, -0.25) is 10.1 Å². The lowest BCUT2D eigenvalue weighted by Gasteiger charge is -2.13. The van der Waals surface area contributed by atoms with E-state index in [1.807, 2.05) is 0 Å². The van der Waals surface area contributed by atoms with Crippen LogP contribution in [0.3, 0.4) is 0 Å². The van der Waals surface area contributed by atoms with E-state index < -0.39 is 11.2 Å². The van der Waals surface area contributed by atoms with Gasteiger partial charge in [-0.25, -0.2) is 0 Å². The fraction of sp³-hybridized carbons (Fsp3) is 0.455. The number of methoxy groups -OCH3 is 3. The molecular weight excluding hydrogens is 226 g/mol. The Morgan fingerprint density at radius 2 is 1.94 bits per heavy atom. The predicted molar refractivity (Wildman–Crippen MR) is 61.2 cm³/mol. The van der Waals surface area contributed by atoms with Crippen molar-refractivity contribution in [3.05, 3.63) is 33.9 Å².